The number of carbonyl (C=O) groups is 2. The normalized spacial score (nSPS) is 22.3. The van der Waals surface area contributed by atoms with E-state index in [4.69, 9.17) is 0 Å². The second-order valence-electron chi connectivity index (χ2n) is 8.58. The first kappa shape index (κ1) is 24.8. The lowest BCUT2D eigenvalue weighted by molar-refractivity contribution is -0.274. The second-order valence-corrected chi connectivity index (χ2v) is 8.58. The molecule has 1 unspecified atom stereocenters. The largest absolute Gasteiger partial charge is 0.573 e. The summed E-state index contributed by atoms with van der Waals surface area (Å²) in [6.45, 7) is -0.457. The molecule has 1 N–H and O–H groups in total. The molecule has 35 heavy (non-hydrogen) atoms. The maximum absolute atomic E-state index is 13.6. The van der Waals surface area contributed by atoms with Crippen molar-refractivity contribution in [3.05, 3.63) is 53.4 Å². The maximum Gasteiger partial charge on any atom is 0.573 e. The minimum Gasteiger partial charge on any atom is -0.406 e. The summed E-state index contributed by atoms with van der Waals surface area (Å²) >= 11 is 0. The molecule has 1 heterocycles. The lowest BCUT2D eigenvalue weighted by Crippen LogP contribution is -2.53. The molecule has 1 atom stereocenters. The standard InChI is InChI=1S/C23H21F6N3O3/c24-16-10-14(11-17(25)19(16)26)30-18(33)12-32-21(34)20(31-22(32)8-2-1-3-9-22)13-4-6-15(7-5-13)35-23(27,28)29/h4-7,10,14H,1-3,8-9,11-12H2,(H,30,33). The molecule has 1 aromatic carbocycles. The van der Waals surface area contributed by atoms with E-state index in [0.29, 0.717) is 12.8 Å². The molecule has 12 heteroatoms. The second kappa shape index (κ2) is 9.38. The van der Waals surface area contributed by atoms with Gasteiger partial charge in [0.2, 0.25) is 5.91 Å². The van der Waals surface area contributed by atoms with Crippen LogP contribution in [0.4, 0.5) is 26.3 Å². The van der Waals surface area contributed by atoms with Crippen LogP contribution < -0.4 is 10.1 Å². The molecular formula is C23H21F6N3O3. The minimum absolute atomic E-state index is 0.00193. The molecule has 0 bridgehead atoms. The summed E-state index contributed by atoms with van der Waals surface area (Å²) in [5.41, 5.74) is -0.746. The van der Waals surface area contributed by atoms with E-state index in [-0.39, 0.29) is 11.3 Å². The third-order valence-corrected chi connectivity index (χ3v) is 6.13. The van der Waals surface area contributed by atoms with E-state index in [1.807, 2.05) is 0 Å². The maximum atomic E-state index is 13.6. The van der Waals surface area contributed by atoms with Crippen LogP contribution in [0, 0.1) is 0 Å². The van der Waals surface area contributed by atoms with E-state index < -0.39 is 66.1 Å². The van der Waals surface area contributed by atoms with E-state index in [9.17, 15) is 35.9 Å². The molecule has 1 fully saturated rings. The van der Waals surface area contributed by atoms with E-state index in [1.165, 1.54) is 17.0 Å². The third kappa shape index (κ3) is 5.35. The molecule has 1 spiro atoms. The quantitative estimate of drug-likeness (QED) is 0.591. The van der Waals surface area contributed by atoms with Gasteiger partial charge in [-0.05, 0) is 56.0 Å². The van der Waals surface area contributed by atoms with Crippen molar-refractivity contribution >= 4 is 17.5 Å². The topological polar surface area (TPSA) is 71.0 Å². The van der Waals surface area contributed by atoms with E-state index in [2.05, 4.69) is 15.0 Å². The predicted molar refractivity (Wildman–Crippen MR) is 112 cm³/mol. The zero-order valence-electron chi connectivity index (χ0n) is 18.3. The summed E-state index contributed by atoms with van der Waals surface area (Å²) in [6.07, 6.45) is -1.31. The van der Waals surface area contributed by atoms with Crippen LogP contribution in [0.25, 0.3) is 0 Å². The molecule has 1 aliphatic heterocycles. The molecule has 6 nitrogen and oxygen atoms in total. The SMILES string of the molecule is O=C(CN1C(=O)C(c2ccc(OC(F)(F)F)cc2)=NC12CCCCC2)NC1C=C(F)C(F)=C(F)C1. The number of rotatable bonds is 5. The number of allylic oxidation sites excluding steroid dienone is 2. The van der Waals surface area contributed by atoms with E-state index in [0.717, 1.165) is 37.5 Å². The number of benzene rings is 1. The molecule has 2 aliphatic carbocycles. The van der Waals surface area contributed by atoms with Gasteiger partial charge < -0.3 is 15.0 Å². The van der Waals surface area contributed by atoms with Crippen LogP contribution in [-0.4, -0.2) is 47.0 Å². The smallest absolute Gasteiger partial charge is 0.406 e. The Labute approximate surface area is 196 Å². The van der Waals surface area contributed by atoms with Gasteiger partial charge in [0, 0.05) is 12.0 Å². The van der Waals surface area contributed by atoms with Crippen LogP contribution in [0.3, 0.4) is 0 Å². The number of nitrogens with zero attached hydrogens (tertiary/aromatic N) is 2. The van der Waals surface area contributed by atoms with Gasteiger partial charge >= 0.3 is 6.36 Å². The Bertz CT molecular complexity index is 1100. The highest BCUT2D eigenvalue weighted by Crippen LogP contribution is 2.40. The van der Waals surface area contributed by atoms with Gasteiger partial charge in [-0.2, -0.15) is 0 Å². The van der Waals surface area contributed by atoms with Gasteiger partial charge in [0.25, 0.3) is 5.91 Å². The summed E-state index contributed by atoms with van der Waals surface area (Å²) < 4.78 is 81.5. The highest BCUT2D eigenvalue weighted by atomic mass is 19.4. The fourth-order valence-electron chi connectivity index (χ4n) is 4.56. The fraction of sp³-hybridized carbons (Fsp3) is 0.435. The summed E-state index contributed by atoms with van der Waals surface area (Å²) in [4.78, 5) is 31.9. The molecule has 2 amide bonds. The minimum atomic E-state index is -4.86. The number of nitrogens with one attached hydrogen (secondary N) is 1. The molecule has 0 radical (unpaired) electrons. The number of carbonyl (C=O) groups excluding carboxylic acids is 2. The Kier molecular flexibility index (Phi) is 6.65. The first-order valence-electron chi connectivity index (χ1n) is 11.0. The highest BCUT2D eigenvalue weighted by Gasteiger charge is 2.48. The summed E-state index contributed by atoms with van der Waals surface area (Å²) in [5, 5.41) is 2.39. The molecule has 3 aliphatic rings. The summed E-state index contributed by atoms with van der Waals surface area (Å²) in [5.74, 6) is -6.09. The molecule has 188 valence electrons. The average molecular weight is 501 g/mol. The van der Waals surface area contributed by atoms with Crippen molar-refractivity contribution in [2.24, 2.45) is 4.99 Å². The predicted octanol–water partition coefficient (Wildman–Crippen LogP) is 4.77. The summed E-state index contributed by atoms with van der Waals surface area (Å²) in [7, 11) is 0. The van der Waals surface area contributed by atoms with Crippen molar-refractivity contribution in [1.29, 1.82) is 0 Å². The number of alkyl halides is 3. The van der Waals surface area contributed by atoms with Gasteiger partial charge in [-0.1, -0.05) is 6.42 Å². The van der Waals surface area contributed by atoms with E-state index >= 15 is 0 Å². The van der Waals surface area contributed by atoms with Gasteiger partial charge in [-0.25, -0.2) is 13.2 Å². The number of amides is 2. The zero-order valence-corrected chi connectivity index (χ0v) is 18.3. The number of hydrogen-bond acceptors (Lipinski definition) is 4. The molecule has 1 saturated carbocycles. The molecule has 4 rings (SSSR count). The first-order valence-corrected chi connectivity index (χ1v) is 11.0. The third-order valence-electron chi connectivity index (χ3n) is 6.13. The van der Waals surface area contributed by atoms with Gasteiger partial charge in [0.05, 0.1) is 6.04 Å². The Morgan fingerprint density at radius 3 is 2.37 bits per heavy atom. The Balaban J connectivity index is 1.52. The fourth-order valence-corrected chi connectivity index (χ4v) is 4.56. The van der Waals surface area contributed by atoms with Crippen LogP contribution in [0.2, 0.25) is 0 Å². The van der Waals surface area contributed by atoms with Gasteiger partial charge in [-0.15, -0.1) is 13.2 Å². The van der Waals surface area contributed by atoms with Crippen LogP contribution in [0.1, 0.15) is 44.1 Å². The van der Waals surface area contributed by atoms with Crippen molar-refractivity contribution in [2.45, 2.75) is 56.6 Å². The van der Waals surface area contributed by atoms with Crippen molar-refractivity contribution in [3.63, 3.8) is 0 Å². The molecular weight excluding hydrogens is 480 g/mol. The monoisotopic (exact) mass is 501 g/mol. The number of halogens is 6. The molecule has 1 aromatic rings. The van der Waals surface area contributed by atoms with Crippen molar-refractivity contribution in [3.8, 4) is 5.75 Å². The van der Waals surface area contributed by atoms with Crippen LogP contribution in [-0.2, 0) is 9.59 Å². The van der Waals surface area contributed by atoms with Crippen LogP contribution >= 0.6 is 0 Å². The lowest BCUT2D eigenvalue weighted by atomic mass is 9.88. The molecule has 0 aromatic heterocycles. The van der Waals surface area contributed by atoms with Gasteiger partial charge in [0.15, 0.2) is 11.7 Å². The zero-order chi connectivity index (χ0) is 25.4. The Morgan fingerprint density at radius 1 is 1.11 bits per heavy atom. The Morgan fingerprint density at radius 2 is 1.77 bits per heavy atom. The van der Waals surface area contributed by atoms with Crippen molar-refractivity contribution in [1.82, 2.24) is 10.2 Å². The number of hydrogen-bond donors (Lipinski definition) is 1. The number of aliphatic imine (C=N–C) groups is 1. The number of ether oxygens (including phenoxy) is 1. The first-order chi connectivity index (χ1) is 16.5. The lowest BCUT2D eigenvalue weighted by Gasteiger charge is -2.39. The van der Waals surface area contributed by atoms with Crippen LogP contribution in [0.15, 0.2) is 52.8 Å². The van der Waals surface area contributed by atoms with Gasteiger partial charge in [-0.3, -0.25) is 14.6 Å². The Hall–Kier alpha value is -3.31. The molecule has 0 saturated heterocycles. The van der Waals surface area contributed by atoms with Gasteiger partial charge in [0.1, 0.15) is 29.5 Å². The van der Waals surface area contributed by atoms with Crippen molar-refractivity contribution in [2.75, 3.05) is 6.54 Å². The summed E-state index contributed by atoms with van der Waals surface area (Å²) in [6, 6.07) is 3.55. The average Bonchev–Trinajstić information content (AvgIpc) is 3.03. The van der Waals surface area contributed by atoms with Crippen molar-refractivity contribution < 1.29 is 40.7 Å². The van der Waals surface area contributed by atoms with E-state index in [1.54, 1.807) is 0 Å². The van der Waals surface area contributed by atoms with Crippen LogP contribution in [0.5, 0.6) is 5.75 Å². The highest BCUT2D eigenvalue weighted by molar-refractivity contribution is 6.47.